The molecule has 5 nitrogen and oxygen atoms in total. The lowest BCUT2D eigenvalue weighted by atomic mass is 10.0. The number of nitrogens with one attached hydrogen (secondary N) is 1. The maximum atomic E-state index is 12.4. The van der Waals surface area contributed by atoms with E-state index in [0.717, 1.165) is 0 Å². The molecule has 0 saturated carbocycles. The molecule has 0 aliphatic carbocycles. The first-order valence-electron chi connectivity index (χ1n) is 5.08. The van der Waals surface area contributed by atoms with E-state index in [4.69, 9.17) is 15.2 Å². The Balaban J connectivity index is 2.43. The molecule has 0 aromatic carbocycles. The largest absolute Gasteiger partial charge is 0.415 e. The Morgan fingerprint density at radius 3 is 2.59 bits per heavy atom. The number of hydrogen-bond acceptors (Lipinski definition) is 4. The van der Waals surface area contributed by atoms with Crippen LogP contribution in [0.3, 0.4) is 0 Å². The molecular formula is C9H15F3N2O3. The number of carbonyl (C=O) groups is 1. The van der Waals surface area contributed by atoms with Crippen LogP contribution in [-0.2, 0) is 14.3 Å². The van der Waals surface area contributed by atoms with Gasteiger partial charge in [-0.15, -0.1) is 0 Å². The molecule has 8 heteroatoms. The van der Waals surface area contributed by atoms with Gasteiger partial charge in [0.25, 0.3) is 0 Å². The molecule has 0 spiro atoms. The summed E-state index contributed by atoms with van der Waals surface area (Å²) in [5, 5.41) is 2.11. The van der Waals surface area contributed by atoms with Gasteiger partial charge in [-0.1, -0.05) is 0 Å². The molecule has 1 fully saturated rings. The van der Waals surface area contributed by atoms with Crippen molar-refractivity contribution in [2.45, 2.75) is 24.7 Å². The first kappa shape index (κ1) is 14.2. The Hall–Kier alpha value is -0.860. The van der Waals surface area contributed by atoms with Crippen molar-refractivity contribution < 1.29 is 27.4 Å². The Morgan fingerprint density at radius 2 is 2.12 bits per heavy atom. The topological polar surface area (TPSA) is 73.6 Å². The number of carbonyl (C=O) groups excluding carboxylic acids is 1. The molecule has 1 amide bonds. The van der Waals surface area contributed by atoms with Crippen LogP contribution in [0.5, 0.6) is 0 Å². The summed E-state index contributed by atoms with van der Waals surface area (Å²) in [6.45, 7) is 1.62. The van der Waals surface area contributed by atoms with Crippen LogP contribution in [0, 0.1) is 0 Å². The lowest BCUT2D eigenvalue weighted by Gasteiger charge is -2.28. The van der Waals surface area contributed by atoms with E-state index in [-0.39, 0.29) is 13.2 Å². The van der Waals surface area contributed by atoms with Crippen molar-refractivity contribution in [1.29, 1.82) is 0 Å². The van der Waals surface area contributed by atoms with Gasteiger partial charge in [-0.3, -0.25) is 4.79 Å². The maximum absolute atomic E-state index is 12.4. The summed E-state index contributed by atoms with van der Waals surface area (Å²) >= 11 is 0. The molecule has 2 unspecified atom stereocenters. The number of amides is 1. The van der Waals surface area contributed by atoms with Gasteiger partial charge in [-0.2, -0.15) is 13.2 Å². The molecule has 100 valence electrons. The summed E-state index contributed by atoms with van der Waals surface area (Å²) < 4.78 is 47.4. The molecule has 1 saturated heterocycles. The molecule has 2 atom stereocenters. The van der Waals surface area contributed by atoms with Gasteiger partial charge in [0.15, 0.2) is 5.54 Å². The number of alkyl halides is 3. The maximum Gasteiger partial charge on any atom is 0.415 e. The third kappa shape index (κ3) is 3.55. The zero-order chi connectivity index (χ0) is 13.1. The van der Waals surface area contributed by atoms with Crippen LogP contribution in [0.25, 0.3) is 0 Å². The molecule has 0 bridgehead atoms. The van der Waals surface area contributed by atoms with E-state index in [1.54, 1.807) is 0 Å². The zero-order valence-corrected chi connectivity index (χ0v) is 9.34. The van der Waals surface area contributed by atoms with Crippen molar-refractivity contribution in [2.24, 2.45) is 5.73 Å². The second-order valence-electron chi connectivity index (χ2n) is 3.98. The normalized spacial score (nSPS) is 25.1. The van der Waals surface area contributed by atoms with Gasteiger partial charge in [-0.05, 0) is 6.92 Å². The summed E-state index contributed by atoms with van der Waals surface area (Å²) in [5.74, 6) is -1.28. The van der Waals surface area contributed by atoms with Crippen molar-refractivity contribution in [2.75, 3.05) is 26.4 Å². The van der Waals surface area contributed by atoms with Crippen molar-refractivity contribution >= 4 is 5.91 Å². The van der Waals surface area contributed by atoms with Crippen LogP contribution in [0.15, 0.2) is 0 Å². The Morgan fingerprint density at radius 1 is 1.47 bits per heavy atom. The van der Waals surface area contributed by atoms with Gasteiger partial charge < -0.3 is 20.5 Å². The average Bonchev–Trinajstić information content (AvgIpc) is 2.25. The summed E-state index contributed by atoms with van der Waals surface area (Å²) in [4.78, 5) is 11.3. The fourth-order valence-electron chi connectivity index (χ4n) is 1.17. The summed E-state index contributed by atoms with van der Waals surface area (Å²) in [5.41, 5.74) is 2.04. The van der Waals surface area contributed by atoms with Gasteiger partial charge >= 0.3 is 6.18 Å². The number of hydrogen-bond donors (Lipinski definition) is 2. The van der Waals surface area contributed by atoms with Crippen LogP contribution in [0.2, 0.25) is 0 Å². The standard InChI is InChI=1S/C9H15F3N2O3/c1-8(13,9(10,11)12)7(15)14-4-6-5-16-2-3-17-6/h6H,2-5,13H2,1H3,(H,14,15). The number of halogens is 3. The third-order valence-corrected chi connectivity index (χ3v) is 2.44. The quantitative estimate of drug-likeness (QED) is 0.733. The number of rotatable bonds is 3. The van der Waals surface area contributed by atoms with Gasteiger partial charge in [-0.25, -0.2) is 0 Å². The van der Waals surface area contributed by atoms with E-state index in [0.29, 0.717) is 20.1 Å². The highest BCUT2D eigenvalue weighted by Crippen LogP contribution is 2.27. The molecule has 0 aromatic heterocycles. The van der Waals surface area contributed by atoms with Crippen molar-refractivity contribution in [3.8, 4) is 0 Å². The average molecular weight is 256 g/mol. The lowest BCUT2D eigenvalue weighted by molar-refractivity contribution is -0.188. The van der Waals surface area contributed by atoms with Crippen molar-refractivity contribution in [3.05, 3.63) is 0 Å². The molecule has 0 radical (unpaired) electrons. The van der Waals surface area contributed by atoms with E-state index in [1.165, 1.54) is 0 Å². The van der Waals surface area contributed by atoms with Crippen LogP contribution >= 0.6 is 0 Å². The predicted molar refractivity (Wildman–Crippen MR) is 52.2 cm³/mol. The molecule has 1 heterocycles. The van der Waals surface area contributed by atoms with E-state index < -0.39 is 23.7 Å². The van der Waals surface area contributed by atoms with E-state index >= 15 is 0 Å². The monoisotopic (exact) mass is 256 g/mol. The predicted octanol–water partition coefficient (Wildman–Crippen LogP) is -0.202. The SMILES string of the molecule is CC(N)(C(=O)NCC1COCCO1)C(F)(F)F. The molecule has 1 rings (SSSR count). The molecule has 17 heavy (non-hydrogen) atoms. The first-order valence-corrected chi connectivity index (χ1v) is 5.08. The highest BCUT2D eigenvalue weighted by Gasteiger charge is 2.53. The van der Waals surface area contributed by atoms with Crippen molar-refractivity contribution in [1.82, 2.24) is 5.32 Å². The molecule has 0 aromatic rings. The lowest BCUT2D eigenvalue weighted by Crippen LogP contribution is -2.62. The highest BCUT2D eigenvalue weighted by molar-refractivity contribution is 5.86. The third-order valence-electron chi connectivity index (χ3n) is 2.44. The second-order valence-corrected chi connectivity index (χ2v) is 3.98. The van der Waals surface area contributed by atoms with Crippen LogP contribution in [0.1, 0.15) is 6.92 Å². The fourth-order valence-corrected chi connectivity index (χ4v) is 1.17. The van der Waals surface area contributed by atoms with Gasteiger partial charge in [0, 0.05) is 6.54 Å². The molecular weight excluding hydrogens is 241 g/mol. The Labute approximate surface area is 96.4 Å². The Bertz CT molecular complexity index is 275. The van der Waals surface area contributed by atoms with Crippen LogP contribution < -0.4 is 11.1 Å². The molecule has 1 aliphatic heterocycles. The number of nitrogens with two attached hydrogens (primary N) is 1. The molecule has 3 N–H and O–H groups in total. The van der Waals surface area contributed by atoms with Gasteiger partial charge in [0.1, 0.15) is 0 Å². The first-order chi connectivity index (χ1) is 7.75. The summed E-state index contributed by atoms with van der Waals surface area (Å²) in [6, 6.07) is 0. The van der Waals surface area contributed by atoms with Crippen LogP contribution in [-0.4, -0.2) is 50.1 Å². The van der Waals surface area contributed by atoms with E-state index in [1.807, 2.05) is 0 Å². The summed E-state index contributed by atoms with van der Waals surface area (Å²) in [6.07, 6.45) is -5.22. The van der Waals surface area contributed by atoms with Crippen LogP contribution in [0.4, 0.5) is 13.2 Å². The minimum absolute atomic E-state index is 0.0539. The fraction of sp³-hybridized carbons (Fsp3) is 0.889. The second kappa shape index (κ2) is 5.19. The highest BCUT2D eigenvalue weighted by atomic mass is 19.4. The van der Waals surface area contributed by atoms with Gasteiger partial charge in [0.05, 0.1) is 25.9 Å². The smallest absolute Gasteiger partial charge is 0.376 e. The molecule has 1 aliphatic rings. The van der Waals surface area contributed by atoms with Crippen molar-refractivity contribution in [3.63, 3.8) is 0 Å². The Kier molecular flexibility index (Phi) is 4.34. The number of ether oxygens (including phenoxy) is 2. The minimum atomic E-state index is -4.79. The van der Waals surface area contributed by atoms with E-state index in [9.17, 15) is 18.0 Å². The minimum Gasteiger partial charge on any atom is -0.376 e. The zero-order valence-electron chi connectivity index (χ0n) is 9.34. The summed E-state index contributed by atoms with van der Waals surface area (Å²) in [7, 11) is 0. The van der Waals surface area contributed by atoms with E-state index in [2.05, 4.69) is 5.32 Å². The van der Waals surface area contributed by atoms with Gasteiger partial charge in [0.2, 0.25) is 5.91 Å².